The maximum Gasteiger partial charge on any atom is 0.582 e. The molecule has 0 unspecified atom stereocenters. The Hall–Kier alpha value is -0.883. The average Bonchev–Trinajstić information content (AvgIpc) is 2.59. The third-order valence-electron chi connectivity index (χ3n) is 3.75. The molecule has 18 heteroatoms. The standard InChI is InChI=1S/C14H19F13O3Si.FH/c1-4-28-31(29-5-2,30-6-3)14(26,27)13(24,25)12(22,23)11(20,21)9(15,16)7-8-10(17,18)19;/h4-8H2,1-3H3;1H. The molecule has 0 aromatic carbocycles. The molecule has 0 fully saturated rings. The van der Waals surface area contributed by atoms with Crippen molar-refractivity contribution in [3.05, 3.63) is 0 Å². The normalized spacial score (nSPS) is 15.0. The Morgan fingerprint density at radius 3 is 1.16 bits per heavy atom. The van der Waals surface area contributed by atoms with E-state index in [1.165, 1.54) is 0 Å². The molecule has 0 aromatic rings. The van der Waals surface area contributed by atoms with Gasteiger partial charge in [0.15, 0.2) is 0 Å². The Morgan fingerprint density at radius 1 is 0.531 bits per heavy atom. The molecule has 0 atom stereocenters. The van der Waals surface area contributed by atoms with Crippen molar-refractivity contribution in [3.8, 4) is 0 Å². The van der Waals surface area contributed by atoms with E-state index in [1.807, 2.05) is 0 Å². The van der Waals surface area contributed by atoms with Crippen molar-refractivity contribution in [2.45, 2.75) is 69.0 Å². The lowest BCUT2D eigenvalue weighted by molar-refractivity contribution is -0.397. The van der Waals surface area contributed by atoms with Gasteiger partial charge in [-0.2, -0.15) is 57.1 Å². The van der Waals surface area contributed by atoms with E-state index in [4.69, 9.17) is 0 Å². The molecule has 3 nitrogen and oxygen atoms in total. The van der Waals surface area contributed by atoms with E-state index in [9.17, 15) is 57.1 Å². The molecule has 0 amide bonds. The lowest BCUT2D eigenvalue weighted by Crippen LogP contribution is -2.76. The predicted octanol–water partition coefficient (Wildman–Crippen LogP) is 6.25. The third kappa shape index (κ3) is 5.78. The number of alkyl halides is 13. The van der Waals surface area contributed by atoms with Crippen molar-refractivity contribution < 1.29 is 75.1 Å². The molecule has 0 N–H and O–H groups in total. The summed E-state index contributed by atoms with van der Waals surface area (Å²) >= 11 is 0. The summed E-state index contributed by atoms with van der Waals surface area (Å²) in [5.41, 5.74) is -6.39. The number of halogens is 14. The van der Waals surface area contributed by atoms with Crippen LogP contribution in [0.2, 0.25) is 0 Å². The zero-order valence-electron chi connectivity index (χ0n) is 16.6. The lowest BCUT2D eigenvalue weighted by atomic mass is 9.95. The number of hydrogen-bond donors (Lipinski definition) is 0. The van der Waals surface area contributed by atoms with Crippen LogP contribution in [0.5, 0.6) is 0 Å². The van der Waals surface area contributed by atoms with E-state index in [0.717, 1.165) is 20.8 Å². The quantitative estimate of drug-likeness (QED) is 0.208. The maximum atomic E-state index is 14.6. The lowest BCUT2D eigenvalue weighted by Gasteiger charge is -2.43. The molecule has 0 aromatic heterocycles. The Balaban J connectivity index is 0. The molecule has 0 saturated carbocycles. The summed E-state index contributed by atoms with van der Waals surface area (Å²) in [5.74, 6) is -28.6. The fourth-order valence-corrected chi connectivity index (χ4v) is 4.71. The van der Waals surface area contributed by atoms with Crippen molar-refractivity contribution >= 4 is 8.80 Å². The molecule has 0 aliphatic carbocycles. The van der Waals surface area contributed by atoms with E-state index in [-0.39, 0.29) is 4.70 Å². The van der Waals surface area contributed by atoms with Crippen molar-refractivity contribution in [1.82, 2.24) is 0 Å². The first-order valence-electron chi connectivity index (χ1n) is 8.51. The molecule has 0 aliphatic rings. The van der Waals surface area contributed by atoms with Crippen molar-refractivity contribution in [3.63, 3.8) is 0 Å². The van der Waals surface area contributed by atoms with Gasteiger partial charge in [-0.15, -0.1) is 0 Å². The first kappa shape index (κ1) is 33.3. The van der Waals surface area contributed by atoms with Gasteiger partial charge in [0.05, 0.1) is 0 Å². The SMILES string of the molecule is CCO[Si](OCC)(OCC)C(F)(F)C(F)(F)C(F)(F)C(F)(F)C(F)(F)CCC(F)(F)F.F. The molecule has 0 bridgehead atoms. The summed E-state index contributed by atoms with van der Waals surface area (Å²) in [6.07, 6.45) is -11.4. The van der Waals surface area contributed by atoms with Crippen LogP contribution in [0, 0.1) is 0 Å². The first-order valence-corrected chi connectivity index (χ1v) is 10.2. The van der Waals surface area contributed by atoms with Crippen LogP contribution in [0.25, 0.3) is 0 Å². The van der Waals surface area contributed by atoms with Gasteiger partial charge in [0.25, 0.3) is 0 Å². The monoisotopic (exact) mass is 530 g/mol. The van der Waals surface area contributed by atoms with Crippen LogP contribution in [-0.2, 0) is 13.3 Å². The van der Waals surface area contributed by atoms with Gasteiger partial charge in [-0.1, -0.05) is 0 Å². The minimum atomic E-state index is -7.55. The summed E-state index contributed by atoms with van der Waals surface area (Å²) in [6.45, 7) is -0.0189. The average molecular weight is 530 g/mol. The number of rotatable bonds is 13. The highest BCUT2D eigenvalue weighted by atomic mass is 28.4. The summed E-state index contributed by atoms with van der Waals surface area (Å²) in [7, 11) is -6.28. The van der Waals surface area contributed by atoms with E-state index in [1.54, 1.807) is 0 Å². The van der Waals surface area contributed by atoms with Gasteiger partial charge in [0.1, 0.15) is 0 Å². The topological polar surface area (TPSA) is 27.7 Å². The van der Waals surface area contributed by atoms with Gasteiger partial charge >= 0.3 is 44.2 Å². The van der Waals surface area contributed by atoms with Gasteiger partial charge in [0.2, 0.25) is 0 Å². The van der Waals surface area contributed by atoms with Crippen LogP contribution in [0.1, 0.15) is 33.6 Å². The van der Waals surface area contributed by atoms with Crippen LogP contribution in [0.15, 0.2) is 0 Å². The van der Waals surface area contributed by atoms with E-state index in [2.05, 4.69) is 13.3 Å². The molecule has 0 saturated heterocycles. The second-order valence-corrected chi connectivity index (χ2v) is 8.58. The van der Waals surface area contributed by atoms with E-state index in [0.29, 0.717) is 0 Å². The van der Waals surface area contributed by atoms with Crippen LogP contribution >= 0.6 is 0 Å². The second kappa shape index (κ2) is 10.6. The van der Waals surface area contributed by atoms with Crippen LogP contribution < -0.4 is 0 Å². The highest BCUT2D eigenvalue weighted by Crippen LogP contribution is 2.60. The minimum absolute atomic E-state index is 0. The summed E-state index contributed by atoms with van der Waals surface area (Å²) in [4.78, 5) is 0. The smallest absolute Gasteiger partial charge is 0.370 e. The molecule has 0 aliphatic heterocycles. The minimum Gasteiger partial charge on any atom is -0.370 e. The van der Waals surface area contributed by atoms with Crippen LogP contribution in [0.3, 0.4) is 0 Å². The Morgan fingerprint density at radius 2 is 0.875 bits per heavy atom. The molecule has 0 heterocycles. The van der Waals surface area contributed by atoms with Gasteiger partial charge in [-0.3, -0.25) is 4.70 Å². The van der Waals surface area contributed by atoms with Crippen LogP contribution in [0.4, 0.5) is 61.8 Å². The zero-order valence-corrected chi connectivity index (χ0v) is 17.6. The molecular weight excluding hydrogens is 510 g/mol. The van der Waals surface area contributed by atoms with Gasteiger partial charge in [0, 0.05) is 32.7 Å². The summed E-state index contributed by atoms with van der Waals surface area (Å²) in [6, 6.07) is 0. The molecule has 196 valence electrons. The maximum absolute atomic E-state index is 14.6. The Kier molecular flexibility index (Phi) is 11.0. The van der Waals surface area contributed by atoms with Crippen molar-refractivity contribution in [2.24, 2.45) is 0 Å². The van der Waals surface area contributed by atoms with Gasteiger partial charge in [-0.05, 0) is 20.8 Å². The molecule has 0 rings (SSSR count). The zero-order chi connectivity index (χ0) is 25.2. The molecule has 32 heavy (non-hydrogen) atoms. The second-order valence-electron chi connectivity index (χ2n) is 5.97. The Bertz CT molecular complexity index is 564. The number of hydrogen-bond acceptors (Lipinski definition) is 3. The fraction of sp³-hybridized carbons (Fsp3) is 1.00. The van der Waals surface area contributed by atoms with Crippen molar-refractivity contribution in [2.75, 3.05) is 19.8 Å². The predicted molar refractivity (Wildman–Crippen MR) is 83.2 cm³/mol. The highest BCUT2D eigenvalue weighted by molar-refractivity contribution is 6.63. The molecule has 0 spiro atoms. The third-order valence-corrected chi connectivity index (χ3v) is 6.84. The van der Waals surface area contributed by atoms with Gasteiger partial charge < -0.3 is 13.3 Å². The molecular formula is C14H20F14O3Si. The first-order chi connectivity index (χ1) is 13.6. The van der Waals surface area contributed by atoms with Crippen molar-refractivity contribution in [1.29, 1.82) is 0 Å². The summed E-state index contributed by atoms with van der Waals surface area (Å²) in [5, 5.41) is 0. The fourth-order valence-electron chi connectivity index (χ4n) is 2.24. The van der Waals surface area contributed by atoms with Gasteiger partial charge in [-0.25, -0.2) is 0 Å². The van der Waals surface area contributed by atoms with E-state index < -0.39 is 76.9 Å². The van der Waals surface area contributed by atoms with E-state index >= 15 is 0 Å². The molecule has 0 radical (unpaired) electrons. The highest BCUT2D eigenvalue weighted by Gasteiger charge is 2.91. The summed E-state index contributed by atoms with van der Waals surface area (Å²) < 4.78 is 189. The van der Waals surface area contributed by atoms with Crippen LogP contribution in [-0.4, -0.2) is 64.0 Å². The largest absolute Gasteiger partial charge is 0.582 e. The Labute approximate surface area is 173 Å².